The number of amides is 1. The molecule has 1 saturated heterocycles. The molecule has 1 aliphatic carbocycles. The van der Waals surface area contributed by atoms with Gasteiger partial charge >= 0.3 is 0 Å². The van der Waals surface area contributed by atoms with Crippen LogP contribution < -0.4 is 5.32 Å². The highest BCUT2D eigenvalue weighted by atomic mass is 16.5. The maximum Gasteiger partial charge on any atom is 0.295 e. The van der Waals surface area contributed by atoms with Crippen LogP contribution in [-0.4, -0.2) is 40.6 Å². The van der Waals surface area contributed by atoms with Gasteiger partial charge in [-0.1, -0.05) is 18.0 Å². The van der Waals surface area contributed by atoms with Crippen LogP contribution in [-0.2, 0) is 0 Å². The molecule has 0 spiro atoms. The normalized spacial score (nSPS) is 23.9. The molecular formula is C13H20N4O2. The van der Waals surface area contributed by atoms with Gasteiger partial charge in [-0.3, -0.25) is 4.79 Å². The van der Waals surface area contributed by atoms with E-state index in [9.17, 15) is 4.79 Å². The van der Waals surface area contributed by atoms with E-state index in [0.717, 1.165) is 32.2 Å². The van der Waals surface area contributed by atoms with Crippen LogP contribution in [0.2, 0.25) is 0 Å². The molecule has 1 aromatic rings. The first-order chi connectivity index (χ1) is 9.25. The predicted molar refractivity (Wildman–Crippen MR) is 68.6 cm³/mol. The van der Waals surface area contributed by atoms with Gasteiger partial charge in [0.2, 0.25) is 5.89 Å². The van der Waals surface area contributed by atoms with E-state index in [1.54, 1.807) is 4.90 Å². The van der Waals surface area contributed by atoms with Crippen molar-refractivity contribution in [3.8, 4) is 0 Å². The topological polar surface area (TPSA) is 71.3 Å². The third kappa shape index (κ3) is 2.49. The Balaban J connectivity index is 1.69. The van der Waals surface area contributed by atoms with E-state index >= 15 is 0 Å². The molecule has 0 aromatic carbocycles. The quantitative estimate of drug-likeness (QED) is 0.896. The van der Waals surface area contributed by atoms with Crippen LogP contribution in [0.4, 0.5) is 0 Å². The summed E-state index contributed by atoms with van der Waals surface area (Å²) in [5, 5.41) is 7.12. The summed E-state index contributed by atoms with van der Waals surface area (Å²) >= 11 is 0. The summed E-state index contributed by atoms with van der Waals surface area (Å²) < 4.78 is 5.21. The summed E-state index contributed by atoms with van der Waals surface area (Å²) in [6, 6.07) is 0.449. The Morgan fingerprint density at radius 1 is 1.32 bits per heavy atom. The van der Waals surface area contributed by atoms with E-state index in [4.69, 9.17) is 4.52 Å². The lowest BCUT2D eigenvalue weighted by molar-refractivity contribution is 0.0719. The first kappa shape index (κ1) is 12.6. The number of carbonyl (C=O) groups is 1. The highest BCUT2D eigenvalue weighted by Gasteiger charge is 2.29. The van der Waals surface area contributed by atoms with Crippen molar-refractivity contribution in [2.75, 3.05) is 13.6 Å². The van der Waals surface area contributed by atoms with Crippen LogP contribution in [0.3, 0.4) is 0 Å². The summed E-state index contributed by atoms with van der Waals surface area (Å²) in [7, 11) is 1.84. The summed E-state index contributed by atoms with van der Waals surface area (Å²) in [5.41, 5.74) is 0. The molecule has 2 heterocycles. The molecule has 6 nitrogen and oxygen atoms in total. The van der Waals surface area contributed by atoms with Crippen LogP contribution in [0.1, 0.15) is 61.1 Å². The minimum atomic E-state index is -0.125. The molecule has 104 valence electrons. The lowest BCUT2D eigenvalue weighted by Crippen LogP contribution is -2.35. The second kappa shape index (κ2) is 5.28. The number of nitrogens with one attached hydrogen (secondary N) is 1. The van der Waals surface area contributed by atoms with Gasteiger partial charge in [0.1, 0.15) is 0 Å². The zero-order valence-corrected chi connectivity index (χ0v) is 11.3. The number of hydrogen-bond acceptors (Lipinski definition) is 5. The van der Waals surface area contributed by atoms with Gasteiger partial charge in [0.25, 0.3) is 11.7 Å². The summed E-state index contributed by atoms with van der Waals surface area (Å²) in [6.07, 6.45) is 6.67. The third-order valence-corrected chi connectivity index (χ3v) is 4.18. The maximum absolute atomic E-state index is 12.3. The van der Waals surface area contributed by atoms with Crippen LogP contribution in [0.5, 0.6) is 0 Å². The summed E-state index contributed by atoms with van der Waals surface area (Å²) in [5.74, 6) is 0.610. The molecule has 1 N–H and O–H groups in total. The molecule has 0 radical (unpaired) electrons. The van der Waals surface area contributed by atoms with Gasteiger partial charge in [-0.15, -0.1) is 0 Å². The van der Waals surface area contributed by atoms with E-state index < -0.39 is 0 Å². The van der Waals surface area contributed by atoms with Gasteiger partial charge < -0.3 is 14.7 Å². The third-order valence-electron chi connectivity index (χ3n) is 4.18. The van der Waals surface area contributed by atoms with Crippen LogP contribution in [0.25, 0.3) is 0 Å². The first-order valence-electron chi connectivity index (χ1n) is 7.10. The average Bonchev–Trinajstić information content (AvgIpc) is 3.16. The number of hydrogen-bond donors (Lipinski definition) is 1. The van der Waals surface area contributed by atoms with Gasteiger partial charge in [-0.05, 0) is 32.2 Å². The molecule has 19 heavy (non-hydrogen) atoms. The predicted octanol–water partition coefficient (Wildman–Crippen LogP) is 1.51. The van der Waals surface area contributed by atoms with Crippen molar-refractivity contribution in [3.05, 3.63) is 11.7 Å². The minimum absolute atomic E-state index is 0.117. The number of rotatable bonds is 3. The van der Waals surface area contributed by atoms with E-state index in [2.05, 4.69) is 15.5 Å². The van der Waals surface area contributed by atoms with Crippen molar-refractivity contribution < 1.29 is 9.32 Å². The van der Waals surface area contributed by atoms with E-state index in [1.165, 1.54) is 12.8 Å². The molecule has 2 aliphatic rings. The van der Waals surface area contributed by atoms with Gasteiger partial charge in [0.05, 0.1) is 6.04 Å². The standard InChI is InChI=1S/C13H20N4O2/c1-17(9-5-2-3-6-9)13(18)11-15-12(19-16-11)10-7-4-8-14-10/h9-10,14H,2-8H2,1H3. The Labute approximate surface area is 112 Å². The molecular weight excluding hydrogens is 244 g/mol. The van der Waals surface area contributed by atoms with Crippen LogP contribution in [0, 0.1) is 0 Å². The molecule has 1 atom stereocenters. The van der Waals surface area contributed by atoms with E-state index in [0.29, 0.717) is 11.9 Å². The number of nitrogens with zero attached hydrogens (tertiary/aromatic N) is 3. The zero-order valence-electron chi connectivity index (χ0n) is 11.3. The van der Waals surface area contributed by atoms with Crippen LogP contribution >= 0.6 is 0 Å². The molecule has 6 heteroatoms. The fraction of sp³-hybridized carbons (Fsp3) is 0.769. The first-order valence-corrected chi connectivity index (χ1v) is 7.10. The second-order valence-corrected chi connectivity index (χ2v) is 5.46. The molecule has 2 fully saturated rings. The molecule has 1 aliphatic heterocycles. The molecule has 0 bridgehead atoms. The number of carbonyl (C=O) groups excluding carboxylic acids is 1. The zero-order chi connectivity index (χ0) is 13.2. The molecule has 1 unspecified atom stereocenters. The largest absolute Gasteiger partial charge is 0.337 e. The fourth-order valence-corrected chi connectivity index (χ4v) is 2.97. The van der Waals surface area contributed by atoms with Crippen molar-refractivity contribution in [3.63, 3.8) is 0 Å². The fourth-order valence-electron chi connectivity index (χ4n) is 2.97. The molecule has 3 rings (SSSR count). The average molecular weight is 264 g/mol. The smallest absolute Gasteiger partial charge is 0.295 e. The highest BCUT2D eigenvalue weighted by molar-refractivity contribution is 5.90. The lowest BCUT2D eigenvalue weighted by Gasteiger charge is -2.22. The lowest BCUT2D eigenvalue weighted by atomic mass is 10.2. The molecule has 1 amide bonds. The SMILES string of the molecule is CN(C(=O)c1noc(C2CCCN2)n1)C1CCCC1. The second-order valence-electron chi connectivity index (χ2n) is 5.46. The number of aromatic nitrogens is 2. The Bertz CT molecular complexity index is 447. The maximum atomic E-state index is 12.3. The van der Waals surface area contributed by atoms with E-state index in [-0.39, 0.29) is 17.8 Å². The highest BCUT2D eigenvalue weighted by Crippen LogP contribution is 2.24. The van der Waals surface area contributed by atoms with Gasteiger partial charge in [0, 0.05) is 13.1 Å². The molecule has 1 aromatic heterocycles. The monoisotopic (exact) mass is 264 g/mol. The Hall–Kier alpha value is -1.43. The van der Waals surface area contributed by atoms with Crippen molar-refractivity contribution in [2.45, 2.75) is 50.6 Å². The van der Waals surface area contributed by atoms with Crippen molar-refractivity contribution in [2.24, 2.45) is 0 Å². The van der Waals surface area contributed by atoms with Crippen molar-refractivity contribution in [1.82, 2.24) is 20.4 Å². The van der Waals surface area contributed by atoms with E-state index in [1.807, 2.05) is 7.05 Å². The van der Waals surface area contributed by atoms with Gasteiger partial charge in [-0.25, -0.2) is 0 Å². The van der Waals surface area contributed by atoms with Crippen molar-refractivity contribution >= 4 is 5.91 Å². The Morgan fingerprint density at radius 3 is 2.79 bits per heavy atom. The minimum Gasteiger partial charge on any atom is -0.337 e. The summed E-state index contributed by atoms with van der Waals surface area (Å²) in [6.45, 7) is 0.971. The van der Waals surface area contributed by atoms with Crippen molar-refractivity contribution in [1.29, 1.82) is 0 Å². The Morgan fingerprint density at radius 2 is 2.11 bits per heavy atom. The Kier molecular flexibility index (Phi) is 3.50. The van der Waals surface area contributed by atoms with Gasteiger partial charge in [-0.2, -0.15) is 4.98 Å². The van der Waals surface area contributed by atoms with Crippen LogP contribution in [0.15, 0.2) is 4.52 Å². The van der Waals surface area contributed by atoms with Gasteiger partial charge in [0.15, 0.2) is 0 Å². The molecule has 1 saturated carbocycles. The summed E-state index contributed by atoms with van der Waals surface area (Å²) in [4.78, 5) is 18.3.